The highest BCUT2D eigenvalue weighted by Gasteiger charge is 2.21. The van der Waals surface area contributed by atoms with Crippen molar-refractivity contribution >= 4 is 21.8 Å². The standard InChI is InChI=1S/C12H14BrF2NO2/c1-6(5-17)7(2)16-12(18)11-9(14)3-8(13)4-10(11)15/h3-4,6-7,17H,5H2,1-2H3,(H,16,18). The van der Waals surface area contributed by atoms with Crippen LogP contribution >= 0.6 is 15.9 Å². The van der Waals surface area contributed by atoms with Crippen molar-refractivity contribution in [3.05, 3.63) is 33.8 Å². The SMILES string of the molecule is CC(CO)C(C)NC(=O)c1c(F)cc(Br)cc1F. The summed E-state index contributed by atoms with van der Waals surface area (Å²) in [6.07, 6.45) is 0. The van der Waals surface area contributed by atoms with Gasteiger partial charge in [0.25, 0.3) is 5.91 Å². The molecule has 1 aromatic carbocycles. The van der Waals surface area contributed by atoms with Gasteiger partial charge in [0.05, 0.1) is 0 Å². The molecule has 6 heteroatoms. The van der Waals surface area contributed by atoms with Gasteiger partial charge in [-0.1, -0.05) is 22.9 Å². The average Bonchev–Trinajstić information content (AvgIpc) is 2.26. The molecule has 0 heterocycles. The second kappa shape index (κ2) is 6.24. The van der Waals surface area contributed by atoms with E-state index in [1.54, 1.807) is 13.8 Å². The van der Waals surface area contributed by atoms with Gasteiger partial charge in [0.2, 0.25) is 0 Å². The first-order valence-electron chi connectivity index (χ1n) is 5.43. The smallest absolute Gasteiger partial charge is 0.257 e. The third kappa shape index (κ3) is 3.49. The minimum atomic E-state index is -0.928. The Morgan fingerprint density at radius 2 is 1.89 bits per heavy atom. The van der Waals surface area contributed by atoms with Crippen LogP contribution in [0.15, 0.2) is 16.6 Å². The Morgan fingerprint density at radius 1 is 1.39 bits per heavy atom. The zero-order valence-corrected chi connectivity index (χ0v) is 11.6. The van der Waals surface area contributed by atoms with Crippen LogP contribution < -0.4 is 5.32 Å². The fourth-order valence-corrected chi connectivity index (χ4v) is 1.74. The summed E-state index contributed by atoms with van der Waals surface area (Å²) < 4.78 is 27.3. The predicted octanol–water partition coefficient (Wildman–Crippen LogP) is 2.47. The average molecular weight is 322 g/mol. The van der Waals surface area contributed by atoms with Gasteiger partial charge >= 0.3 is 0 Å². The first-order valence-corrected chi connectivity index (χ1v) is 6.22. The van der Waals surface area contributed by atoms with Crippen LogP contribution in [0.1, 0.15) is 24.2 Å². The highest BCUT2D eigenvalue weighted by molar-refractivity contribution is 9.10. The molecule has 1 amide bonds. The quantitative estimate of drug-likeness (QED) is 0.895. The second-order valence-corrected chi connectivity index (χ2v) is 5.08. The molecule has 0 bridgehead atoms. The number of carbonyl (C=O) groups excluding carboxylic acids is 1. The number of hydrogen-bond acceptors (Lipinski definition) is 2. The normalized spacial score (nSPS) is 14.1. The third-order valence-corrected chi connectivity index (χ3v) is 3.19. The Labute approximate surface area is 112 Å². The van der Waals surface area contributed by atoms with Crippen molar-refractivity contribution in [3.63, 3.8) is 0 Å². The van der Waals surface area contributed by atoms with Crippen molar-refractivity contribution in [1.82, 2.24) is 5.32 Å². The van der Waals surface area contributed by atoms with Gasteiger partial charge in [-0.15, -0.1) is 0 Å². The Hall–Kier alpha value is -1.01. The maximum absolute atomic E-state index is 13.5. The monoisotopic (exact) mass is 321 g/mol. The van der Waals surface area contributed by atoms with E-state index in [-0.39, 0.29) is 23.0 Å². The minimum absolute atomic E-state index is 0.118. The van der Waals surface area contributed by atoms with Crippen LogP contribution in [-0.4, -0.2) is 23.7 Å². The van der Waals surface area contributed by atoms with E-state index in [4.69, 9.17) is 5.11 Å². The maximum Gasteiger partial charge on any atom is 0.257 e. The van der Waals surface area contributed by atoms with Gasteiger partial charge in [0, 0.05) is 17.1 Å². The Balaban J connectivity index is 2.92. The van der Waals surface area contributed by atoms with E-state index < -0.39 is 23.1 Å². The Morgan fingerprint density at radius 3 is 2.33 bits per heavy atom. The molecule has 100 valence electrons. The summed E-state index contributed by atoms with van der Waals surface area (Å²) in [6, 6.07) is 1.67. The highest BCUT2D eigenvalue weighted by Crippen LogP contribution is 2.19. The van der Waals surface area contributed by atoms with Crippen LogP contribution in [0.5, 0.6) is 0 Å². The zero-order valence-electron chi connectivity index (χ0n) is 10.0. The number of amides is 1. The predicted molar refractivity (Wildman–Crippen MR) is 67.2 cm³/mol. The van der Waals surface area contributed by atoms with Crippen molar-refractivity contribution in [2.75, 3.05) is 6.61 Å². The molecule has 1 rings (SSSR count). The van der Waals surface area contributed by atoms with Crippen LogP contribution in [0, 0.1) is 17.6 Å². The van der Waals surface area contributed by atoms with Crippen molar-refractivity contribution in [2.45, 2.75) is 19.9 Å². The number of benzene rings is 1. The highest BCUT2D eigenvalue weighted by atomic mass is 79.9. The number of nitrogens with one attached hydrogen (secondary N) is 1. The van der Waals surface area contributed by atoms with E-state index in [1.165, 1.54) is 0 Å². The lowest BCUT2D eigenvalue weighted by Crippen LogP contribution is -2.39. The molecule has 0 aromatic heterocycles. The van der Waals surface area contributed by atoms with E-state index in [0.29, 0.717) is 0 Å². The van der Waals surface area contributed by atoms with Crippen LogP contribution in [-0.2, 0) is 0 Å². The molecule has 1 aromatic rings. The topological polar surface area (TPSA) is 49.3 Å². The van der Waals surface area contributed by atoms with Crippen LogP contribution in [0.2, 0.25) is 0 Å². The summed E-state index contributed by atoms with van der Waals surface area (Å²) >= 11 is 2.94. The fraction of sp³-hybridized carbons (Fsp3) is 0.417. The van der Waals surface area contributed by atoms with Crippen LogP contribution in [0.3, 0.4) is 0 Å². The molecule has 0 aliphatic heterocycles. The van der Waals surface area contributed by atoms with Gasteiger partial charge in [-0.3, -0.25) is 4.79 Å². The van der Waals surface area contributed by atoms with E-state index in [0.717, 1.165) is 12.1 Å². The molecular weight excluding hydrogens is 308 g/mol. The summed E-state index contributed by atoms with van der Waals surface area (Å²) in [7, 11) is 0. The summed E-state index contributed by atoms with van der Waals surface area (Å²) in [5.41, 5.74) is -0.616. The molecule has 0 saturated carbocycles. The lowest BCUT2D eigenvalue weighted by Gasteiger charge is -2.19. The molecule has 0 spiro atoms. The molecule has 2 atom stereocenters. The van der Waals surface area contributed by atoms with Crippen molar-refractivity contribution < 1.29 is 18.7 Å². The zero-order chi connectivity index (χ0) is 13.9. The number of hydrogen-bond donors (Lipinski definition) is 2. The van der Waals surface area contributed by atoms with Gasteiger partial charge in [0.1, 0.15) is 17.2 Å². The summed E-state index contributed by atoms with van der Waals surface area (Å²) in [5.74, 6) is -2.88. The third-order valence-electron chi connectivity index (χ3n) is 2.73. The van der Waals surface area contributed by atoms with Crippen molar-refractivity contribution in [2.24, 2.45) is 5.92 Å². The molecule has 3 nitrogen and oxygen atoms in total. The summed E-state index contributed by atoms with van der Waals surface area (Å²) in [5, 5.41) is 11.4. The number of aliphatic hydroxyl groups is 1. The van der Waals surface area contributed by atoms with Crippen LogP contribution in [0.25, 0.3) is 0 Å². The molecular formula is C12H14BrF2NO2. The minimum Gasteiger partial charge on any atom is -0.396 e. The molecule has 2 N–H and O–H groups in total. The van der Waals surface area contributed by atoms with Gasteiger partial charge < -0.3 is 10.4 Å². The van der Waals surface area contributed by atoms with Gasteiger partial charge in [-0.05, 0) is 25.0 Å². The van der Waals surface area contributed by atoms with Crippen molar-refractivity contribution in [3.8, 4) is 0 Å². The first-order chi connectivity index (χ1) is 8.36. The molecule has 18 heavy (non-hydrogen) atoms. The van der Waals surface area contributed by atoms with E-state index >= 15 is 0 Å². The lowest BCUT2D eigenvalue weighted by atomic mass is 10.0. The molecule has 0 saturated heterocycles. The Kier molecular flexibility index (Phi) is 5.22. The molecule has 2 unspecified atom stereocenters. The summed E-state index contributed by atoms with van der Waals surface area (Å²) in [4.78, 5) is 11.7. The van der Waals surface area contributed by atoms with E-state index in [1.807, 2.05) is 0 Å². The van der Waals surface area contributed by atoms with Gasteiger partial charge in [-0.2, -0.15) is 0 Å². The van der Waals surface area contributed by atoms with Gasteiger partial charge in [-0.25, -0.2) is 8.78 Å². The van der Waals surface area contributed by atoms with Crippen molar-refractivity contribution in [1.29, 1.82) is 0 Å². The van der Waals surface area contributed by atoms with E-state index in [9.17, 15) is 13.6 Å². The van der Waals surface area contributed by atoms with Crippen LogP contribution in [0.4, 0.5) is 8.78 Å². The number of aliphatic hydroxyl groups excluding tert-OH is 1. The molecule has 0 radical (unpaired) electrons. The number of carbonyl (C=O) groups is 1. The number of halogens is 3. The molecule has 0 aliphatic rings. The van der Waals surface area contributed by atoms with E-state index in [2.05, 4.69) is 21.2 Å². The Bertz CT molecular complexity index is 431. The lowest BCUT2D eigenvalue weighted by molar-refractivity contribution is 0.0907. The fourth-order valence-electron chi connectivity index (χ4n) is 1.34. The number of rotatable bonds is 4. The first kappa shape index (κ1) is 15.0. The maximum atomic E-state index is 13.5. The largest absolute Gasteiger partial charge is 0.396 e. The second-order valence-electron chi connectivity index (χ2n) is 4.17. The van der Waals surface area contributed by atoms with Gasteiger partial charge in [0.15, 0.2) is 0 Å². The molecule has 0 fully saturated rings. The summed E-state index contributed by atoms with van der Waals surface area (Å²) in [6.45, 7) is 3.26. The molecule has 0 aliphatic carbocycles.